The molecular formula is C10H9NO4. The van der Waals surface area contributed by atoms with Crippen LogP contribution >= 0.6 is 0 Å². The van der Waals surface area contributed by atoms with Crippen molar-refractivity contribution >= 4 is 5.97 Å². The third-order valence-electron chi connectivity index (χ3n) is 2.08. The lowest BCUT2D eigenvalue weighted by molar-refractivity contribution is 0.0691. The zero-order valence-electron chi connectivity index (χ0n) is 8.06. The lowest BCUT2D eigenvalue weighted by Gasteiger charge is -1.96. The number of rotatable bonds is 3. The molecule has 0 spiro atoms. The quantitative estimate of drug-likeness (QED) is 0.834. The van der Waals surface area contributed by atoms with E-state index in [1.807, 2.05) is 6.92 Å². The van der Waals surface area contributed by atoms with Crippen LogP contribution in [-0.2, 0) is 6.42 Å². The Hall–Kier alpha value is -2.04. The van der Waals surface area contributed by atoms with Crippen molar-refractivity contribution in [2.45, 2.75) is 13.3 Å². The molecule has 0 aliphatic rings. The molecule has 1 N–H and O–H groups in total. The van der Waals surface area contributed by atoms with Crippen LogP contribution in [0.2, 0.25) is 0 Å². The minimum Gasteiger partial charge on any atom is -0.476 e. The number of carboxylic acids is 1. The summed E-state index contributed by atoms with van der Waals surface area (Å²) in [6.45, 7) is 1.92. The molecule has 2 rings (SSSR count). The minimum absolute atomic E-state index is 0.0916. The molecule has 0 saturated heterocycles. The maximum Gasteiger partial charge on any atom is 0.358 e. The maximum atomic E-state index is 10.8. The van der Waals surface area contributed by atoms with Crippen LogP contribution in [0.5, 0.6) is 0 Å². The van der Waals surface area contributed by atoms with Crippen molar-refractivity contribution in [3.8, 4) is 11.3 Å². The summed E-state index contributed by atoms with van der Waals surface area (Å²) < 4.78 is 10.3. The first kappa shape index (κ1) is 9.51. The minimum atomic E-state index is -1.11. The van der Waals surface area contributed by atoms with Crippen LogP contribution in [0.1, 0.15) is 23.2 Å². The molecule has 2 aromatic heterocycles. The lowest BCUT2D eigenvalue weighted by atomic mass is 10.1. The Morgan fingerprint density at radius 3 is 3.00 bits per heavy atom. The van der Waals surface area contributed by atoms with E-state index in [1.54, 1.807) is 6.07 Å². The lowest BCUT2D eigenvalue weighted by Crippen LogP contribution is -1.98. The van der Waals surface area contributed by atoms with E-state index in [1.165, 1.54) is 6.26 Å². The van der Waals surface area contributed by atoms with Gasteiger partial charge < -0.3 is 13.9 Å². The van der Waals surface area contributed by atoms with Crippen molar-refractivity contribution in [3.63, 3.8) is 0 Å². The Balaban J connectivity index is 2.54. The second-order valence-corrected chi connectivity index (χ2v) is 2.95. The molecule has 0 aromatic carbocycles. The van der Waals surface area contributed by atoms with Crippen molar-refractivity contribution in [3.05, 3.63) is 30.2 Å². The highest BCUT2D eigenvalue weighted by atomic mass is 16.4. The van der Waals surface area contributed by atoms with Gasteiger partial charge in [-0.25, -0.2) is 9.78 Å². The predicted octanol–water partition coefficient (Wildman–Crippen LogP) is 2.20. The molecule has 0 aliphatic heterocycles. The van der Waals surface area contributed by atoms with Gasteiger partial charge in [0.1, 0.15) is 5.76 Å². The fourth-order valence-electron chi connectivity index (χ4n) is 1.41. The summed E-state index contributed by atoms with van der Waals surface area (Å²) >= 11 is 0. The molecule has 5 nitrogen and oxygen atoms in total. The number of carboxylic acid groups (broad SMARTS) is 1. The topological polar surface area (TPSA) is 76.5 Å². The molecule has 0 amide bonds. The van der Waals surface area contributed by atoms with E-state index < -0.39 is 5.97 Å². The van der Waals surface area contributed by atoms with Crippen LogP contribution < -0.4 is 0 Å². The molecule has 5 heteroatoms. The first-order valence-corrected chi connectivity index (χ1v) is 4.47. The number of nitrogens with zero attached hydrogens (tertiary/aromatic N) is 1. The van der Waals surface area contributed by atoms with Gasteiger partial charge in [-0.2, -0.15) is 0 Å². The predicted molar refractivity (Wildman–Crippen MR) is 50.5 cm³/mol. The Labute approximate surface area is 85.3 Å². The van der Waals surface area contributed by atoms with Gasteiger partial charge in [-0.05, 0) is 6.07 Å². The van der Waals surface area contributed by atoms with Crippen molar-refractivity contribution in [1.82, 2.24) is 4.98 Å². The summed E-state index contributed by atoms with van der Waals surface area (Å²) in [5.74, 6) is -0.177. The van der Waals surface area contributed by atoms with Gasteiger partial charge >= 0.3 is 5.97 Å². The van der Waals surface area contributed by atoms with Crippen molar-refractivity contribution in [1.29, 1.82) is 0 Å². The fourth-order valence-corrected chi connectivity index (χ4v) is 1.41. The largest absolute Gasteiger partial charge is 0.476 e. The summed E-state index contributed by atoms with van der Waals surface area (Å²) in [6.07, 6.45) is 3.29. The average Bonchev–Trinajstić information content (AvgIpc) is 2.85. The van der Waals surface area contributed by atoms with E-state index in [-0.39, 0.29) is 11.5 Å². The highest BCUT2D eigenvalue weighted by Gasteiger charge is 2.20. The number of aromatic carboxylic acids is 1. The third-order valence-corrected chi connectivity index (χ3v) is 2.08. The number of aryl methyl sites for hydroxylation is 1. The number of aromatic nitrogens is 1. The zero-order chi connectivity index (χ0) is 10.8. The molecule has 0 fully saturated rings. The van der Waals surface area contributed by atoms with Gasteiger partial charge in [-0.3, -0.25) is 0 Å². The van der Waals surface area contributed by atoms with Crippen LogP contribution in [0, 0.1) is 0 Å². The Bertz CT molecular complexity index is 483. The van der Waals surface area contributed by atoms with Crippen molar-refractivity contribution in [2.24, 2.45) is 0 Å². The van der Waals surface area contributed by atoms with E-state index >= 15 is 0 Å². The average molecular weight is 207 g/mol. The standard InChI is InChI=1S/C10H9NO4/c1-2-7-6(3-4-14-7)9-8(10(12)13)11-5-15-9/h3-5H,2H2,1H3,(H,12,13). The maximum absolute atomic E-state index is 10.8. The molecule has 0 saturated carbocycles. The zero-order valence-corrected chi connectivity index (χ0v) is 8.06. The molecule has 0 atom stereocenters. The molecule has 0 radical (unpaired) electrons. The van der Waals surface area contributed by atoms with Crippen LogP contribution in [0.25, 0.3) is 11.3 Å². The highest BCUT2D eigenvalue weighted by molar-refractivity contribution is 5.92. The highest BCUT2D eigenvalue weighted by Crippen LogP contribution is 2.27. The SMILES string of the molecule is CCc1occc1-c1ocnc1C(=O)O. The van der Waals surface area contributed by atoms with Crippen molar-refractivity contribution < 1.29 is 18.7 Å². The second-order valence-electron chi connectivity index (χ2n) is 2.95. The number of hydrogen-bond acceptors (Lipinski definition) is 4. The van der Waals surface area contributed by atoms with E-state index in [2.05, 4.69) is 4.98 Å². The van der Waals surface area contributed by atoms with E-state index in [0.29, 0.717) is 17.7 Å². The molecule has 2 heterocycles. The first-order valence-electron chi connectivity index (χ1n) is 4.47. The molecule has 0 aliphatic carbocycles. The van der Waals surface area contributed by atoms with E-state index in [9.17, 15) is 4.79 Å². The first-order chi connectivity index (χ1) is 7.24. The van der Waals surface area contributed by atoms with Gasteiger partial charge in [0.05, 0.1) is 11.8 Å². The van der Waals surface area contributed by atoms with Gasteiger partial charge in [0.25, 0.3) is 0 Å². The summed E-state index contributed by atoms with van der Waals surface area (Å²) in [6, 6.07) is 1.67. The van der Waals surface area contributed by atoms with Gasteiger partial charge in [0.15, 0.2) is 17.8 Å². The summed E-state index contributed by atoms with van der Waals surface area (Å²) in [5, 5.41) is 8.86. The van der Waals surface area contributed by atoms with Crippen LogP contribution in [-0.4, -0.2) is 16.1 Å². The Kier molecular flexibility index (Phi) is 2.29. The van der Waals surface area contributed by atoms with Crippen LogP contribution in [0.15, 0.2) is 27.6 Å². The van der Waals surface area contributed by atoms with E-state index in [4.69, 9.17) is 13.9 Å². The fraction of sp³-hybridized carbons (Fsp3) is 0.200. The molecule has 2 aromatic rings. The summed E-state index contributed by atoms with van der Waals surface area (Å²) in [7, 11) is 0. The third kappa shape index (κ3) is 1.52. The van der Waals surface area contributed by atoms with Crippen LogP contribution in [0.3, 0.4) is 0 Å². The molecule has 0 bridgehead atoms. The molecular weight excluding hydrogens is 198 g/mol. The van der Waals surface area contributed by atoms with Gasteiger partial charge in [0, 0.05) is 6.42 Å². The van der Waals surface area contributed by atoms with Crippen LogP contribution in [0.4, 0.5) is 0 Å². The Morgan fingerprint density at radius 1 is 1.53 bits per heavy atom. The normalized spacial score (nSPS) is 10.5. The smallest absolute Gasteiger partial charge is 0.358 e. The number of furan rings is 1. The van der Waals surface area contributed by atoms with E-state index in [0.717, 1.165) is 6.39 Å². The number of hydrogen-bond donors (Lipinski definition) is 1. The number of carbonyl (C=O) groups is 1. The molecule has 0 unspecified atom stereocenters. The molecule has 15 heavy (non-hydrogen) atoms. The second kappa shape index (κ2) is 3.61. The monoisotopic (exact) mass is 207 g/mol. The molecule has 78 valence electrons. The van der Waals surface area contributed by atoms with Crippen molar-refractivity contribution in [2.75, 3.05) is 0 Å². The summed E-state index contributed by atoms with van der Waals surface area (Å²) in [5.41, 5.74) is 0.554. The van der Waals surface area contributed by atoms with Gasteiger partial charge in [-0.1, -0.05) is 6.92 Å². The van der Waals surface area contributed by atoms with Gasteiger partial charge in [0.2, 0.25) is 0 Å². The number of oxazole rings is 1. The van der Waals surface area contributed by atoms with Gasteiger partial charge in [-0.15, -0.1) is 0 Å². The Morgan fingerprint density at radius 2 is 2.33 bits per heavy atom. The summed E-state index contributed by atoms with van der Waals surface area (Å²) in [4.78, 5) is 14.5.